The van der Waals surface area contributed by atoms with Crippen LogP contribution in [0.4, 0.5) is 21.9 Å². The zero-order valence-electron chi connectivity index (χ0n) is 20.9. The topological polar surface area (TPSA) is 85.0 Å². The minimum Gasteiger partial charge on any atom is -0.367 e. The van der Waals surface area contributed by atoms with Crippen LogP contribution >= 0.6 is 11.3 Å². The monoisotopic (exact) mass is 517 g/mol. The van der Waals surface area contributed by atoms with Crippen LogP contribution in [0, 0.1) is 6.92 Å². The molecule has 1 aromatic heterocycles. The number of hydrogen-bond donors (Lipinski definition) is 2. The number of carbonyl (C=O) groups excluding carboxylic acids is 3. The number of anilines is 3. The highest BCUT2D eigenvalue weighted by Gasteiger charge is 2.27. The predicted octanol–water partition coefficient (Wildman–Crippen LogP) is 4.90. The fourth-order valence-corrected chi connectivity index (χ4v) is 5.45. The molecule has 0 radical (unpaired) electrons. The number of carbonyl (C=O) groups is 3. The van der Waals surface area contributed by atoms with E-state index in [-0.39, 0.29) is 17.8 Å². The number of thiophene rings is 1. The highest BCUT2D eigenvalue weighted by atomic mass is 32.1. The molecule has 3 aromatic rings. The van der Waals surface area contributed by atoms with Gasteiger partial charge < -0.3 is 25.3 Å². The number of piperazine rings is 1. The zero-order valence-corrected chi connectivity index (χ0v) is 21.7. The molecule has 2 saturated heterocycles. The number of nitrogens with zero attached hydrogens (tertiary/aromatic N) is 3. The first-order chi connectivity index (χ1) is 18.0. The Balaban J connectivity index is 1.30. The summed E-state index contributed by atoms with van der Waals surface area (Å²) in [5.41, 5.74) is 3.90. The van der Waals surface area contributed by atoms with Crippen LogP contribution in [-0.4, -0.2) is 66.9 Å². The number of hydrogen-bond acceptors (Lipinski definition) is 5. The number of likely N-dealkylation sites (tertiary alicyclic amines) is 1. The molecule has 4 amide bonds. The molecule has 37 heavy (non-hydrogen) atoms. The van der Waals surface area contributed by atoms with Crippen molar-refractivity contribution in [2.24, 2.45) is 0 Å². The van der Waals surface area contributed by atoms with Crippen LogP contribution in [0.15, 0.2) is 60.0 Å². The Bertz CT molecular complexity index is 1280. The van der Waals surface area contributed by atoms with Gasteiger partial charge in [-0.1, -0.05) is 18.2 Å². The summed E-state index contributed by atoms with van der Waals surface area (Å²) in [4.78, 5) is 45.4. The molecule has 192 valence electrons. The van der Waals surface area contributed by atoms with Crippen LogP contribution in [0.1, 0.15) is 38.4 Å². The SMILES string of the molecule is Cc1cccc(NC(=O)N2CCN(c3ccc(NC(=O)c4cccs4)cc3C(=O)N3CCCC3)CC2)c1. The number of aryl methyl sites for hydroxylation is 1. The third-order valence-corrected chi connectivity index (χ3v) is 7.67. The van der Waals surface area contributed by atoms with E-state index in [1.807, 2.05) is 59.7 Å². The Labute approximate surface area is 220 Å². The minimum atomic E-state index is -0.185. The summed E-state index contributed by atoms with van der Waals surface area (Å²) in [6.45, 7) is 5.81. The van der Waals surface area contributed by atoms with E-state index >= 15 is 0 Å². The van der Waals surface area contributed by atoms with Crippen molar-refractivity contribution in [3.63, 3.8) is 0 Å². The standard InChI is InChI=1S/C28H31N5O3S/c1-20-6-4-7-21(18-20)30-28(36)33-15-13-31(14-16-33)24-10-9-22(29-26(34)25-8-5-17-37-25)19-23(24)27(35)32-11-2-3-12-32/h4-10,17-19H,2-3,11-16H2,1H3,(H,29,34)(H,30,36). The maximum Gasteiger partial charge on any atom is 0.321 e. The molecule has 2 fully saturated rings. The van der Waals surface area contributed by atoms with Crippen molar-refractivity contribution in [1.82, 2.24) is 9.80 Å². The number of urea groups is 1. The molecule has 0 aliphatic carbocycles. The van der Waals surface area contributed by atoms with E-state index in [4.69, 9.17) is 0 Å². The minimum absolute atomic E-state index is 0.0145. The second kappa shape index (κ2) is 11.0. The van der Waals surface area contributed by atoms with E-state index < -0.39 is 0 Å². The number of rotatable bonds is 5. The summed E-state index contributed by atoms with van der Waals surface area (Å²) in [5, 5.41) is 7.77. The van der Waals surface area contributed by atoms with Gasteiger partial charge in [-0.05, 0) is 67.1 Å². The normalized spacial score (nSPS) is 15.5. The van der Waals surface area contributed by atoms with Crippen LogP contribution in [-0.2, 0) is 0 Å². The number of benzene rings is 2. The maximum atomic E-state index is 13.5. The molecule has 0 spiro atoms. The Kier molecular flexibility index (Phi) is 7.41. The molecule has 9 heteroatoms. The molecular formula is C28H31N5O3S. The molecule has 2 aliphatic heterocycles. The van der Waals surface area contributed by atoms with Gasteiger partial charge in [0.15, 0.2) is 0 Å². The quantitative estimate of drug-likeness (QED) is 0.504. The molecular weight excluding hydrogens is 486 g/mol. The van der Waals surface area contributed by atoms with E-state index in [0.29, 0.717) is 42.3 Å². The zero-order chi connectivity index (χ0) is 25.8. The third-order valence-electron chi connectivity index (χ3n) is 6.80. The van der Waals surface area contributed by atoms with Crippen LogP contribution in [0.25, 0.3) is 0 Å². The van der Waals surface area contributed by atoms with E-state index in [1.54, 1.807) is 17.0 Å². The van der Waals surface area contributed by atoms with E-state index in [1.165, 1.54) is 11.3 Å². The molecule has 5 rings (SSSR count). The van der Waals surface area contributed by atoms with Gasteiger partial charge in [-0.25, -0.2) is 4.79 Å². The lowest BCUT2D eigenvalue weighted by Gasteiger charge is -2.37. The van der Waals surface area contributed by atoms with Crippen molar-refractivity contribution >= 4 is 46.2 Å². The molecule has 8 nitrogen and oxygen atoms in total. The first-order valence-corrected chi connectivity index (χ1v) is 13.5. The number of amides is 4. The summed E-state index contributed by atoms with van der Waals surface area (Å²) in [7, 11) is 0. The fourth-order valence-electron chi connectivity index (χ4n) is 4.83. The average Bonchev–Trinajstić information content (AvgIpc) is 3.63. The second-order valence-electron chi connectivity index (χ2n) is 9.44. The van der Waals surface area contributed by atoms with Crippen molar-refractivity contribution in [2.75, 3.05) is 54.8 Å². The Morgan fingerprint density at radius 1 is 0.784 bits per heavy atom. The van der Waals surface area contributed by atoms with Crippen LogP contribution in [0.3, 0.4) is 0 Å². The van der Waals surface area contributed by atoms with Crippen LogP contribution < -0.4 is 15.5 Å². The van der Waals surface area contributed by atoms with E-state index in [9.17, 15) is 14.4 Å². The Morgan fingerprint density at radius 2 is 1.54 bits per heavy atom. The summed E-state index contributed by atoms with van der Waals surface area (Å²) >= 11 is 1.38. The van der Waals surface area contributed by atoms with E-state index in [0.717, 1.165) is 42.9 Å². The van der Waals surface area contributed by atoms with Gasteiger partial charge in [0.1, 0.15) is 0 Å². The van der Waals surface area contributed by atoms with Crippen molar-refractivity contribution in [2.45, 2.75) is 19.8 Å². The molecule has 2 aromatic carbocycles. The summed E-state index contributed by atoms with van der Waals surface area (Å²) < 4.78 is 0. The molecule has 0 unspecified atom stereocenters. The van der Waals surface area contributed by atoms with Crippen molar-refractivity contribution in [3.8, 4) is 0 Å². The largest absolute Gasteiger partial charge is 0.367 e. The number of nitrogens with one attached hydrogen (secondary N) is 2. The maximum absolute atomic E-state index is 13.5. The van der Waals surface area contributed by atoms with Gasteiger partial charge in [-0.15, -0.1) is 11.3 Å². The third kappa shape index (κ3) is 5.77. The first-order valence-electron chi connectivity index (χ1n) is 12.6. The van der Waals surface area contributed by atoms with Crippen molar-refractivity contribution in [3.05, 3.63) is 76.0 Å². The lowest BCUT2D eigenvalue weighted by atomic mass is 10.1. The fraction of sp³-hybridized carbons (Fsp3) is 0.321. The van der Waals surface area contributed by atoms with Gasteiger partial charge in [-0.2, -0.15) is 0 Å². The van der Waals surface area contributed by atoms with Gasteiger partial charge in [0.05, 0.1) is 10.4 Å². The summed E-state index contributed by atoms with van der Waals surface area (Å²) in [5.74, 6) is -0.199. The van der Waals surface area contributed by atoms with Crippen molar-refractivity contribution < 1.29 is 14.4 Å². The molecule has 2 N–H and O–H groups in total. The van der Waals surface area contributed by atoms with Gasteiger partial charge in [0.25, 0.3) is 11.8 Å². The Hall–Kier alpha value is -3.85. The predicted molar refractivity (Wildman–Crippen MR) is 148 cm³/mol. The highest BCUT2D eigenvalue weighted by molar-refractivity contribution is 7.12. The Morgan fingerprint density at radius 3 is 2.24 bits per heavy atom. The van der Waals surface area contributed by atoms with Gasteiger partial charge in [0.2, 0.25) is 0 Å². The highest BCUT2D eigenvalue weighted by Crippen LogP contribution is 2.29. The summed E-state index contributed by atoms with van der Waals surface area (Å²) in [6.07, 6.45) is 2.01. The average molecular weight is 518 g/mol. The molecule has 0 atom stereocenters. The lowest BCUT2D eigenvalue weighted by molar-refractivity contribution is 0.0792. The molecule has 0 saturated carbocycles. The second-order valence-corrected chi connectivity index (χ2v) is 10.4. The molecule has 3 heterocycles. The first kappa shape index (κ1) is 24.8. The molecule has 0 bridgehead atoms. The van der Waals surface area contributed by atoms with Gasteiger partial charge in [-0.3, -0.25) is 9.59 Å². The lowest BCUT2D eigenvalue weighted by Crippen LogP contribution is -2.50. The summed E-state index contributed by atoms with van der Waals surface area (Å²) in [6, 6.07) is 16.8. The van der Waals surface area contributed by atoms with E-state index in [2.05, 4.69) is 15.5 Å². The van der Waals surface area contributed by atoms with Gasteiger partial charge >= 0.3 is 6.03 Å². The van der Waals surface area contributed by atoms with Crippen molar-refractivity contribution in [1.29, 1.82) is 0 Å². The van der Waals surface area contributed by atoms with Crippen LogP contribution in [0.2, 0.25) is 0 Å². The van der Waals surface area contributed by atoms with Gasteiger partial charge in [0, 0.05) is 56.3 Å². The van der Waals surface area contributed by atoms with Crippen LogP contribution in [0.5, 0.6) is 0 Å². The molecule has 2 aliphatic rings. The smallest absolute Gasteiger partial charge is 0.321 e.